The van der Waals surface area contributed by atoms with Crippen molar-refractivity contribution in [3.05, 3.63) is 28.5 Å². The van der Waals surface area contributed by atoms with Crippen LogP contribution in [-0.4, -0.2) is 9.97 Å². The topological polar surface area (TPSA) is 28.7 Å². The highest BCUT2D eigenvalue weighted by molar-refractivity contribution is 6.32. The smallest absolute Gasteiger partial charge is 0.109 e. The molecule has 1 aromatic heterocycles. The van der Waals surface area contributed by atoms with Gasteiger partial charge in [-0.2, -0.15) is 0 Å². The summed E-state index contributed by atoms with van der Waals surface area (Å²) < 4.78 is 0. The number of benzene rings is 1. The van der Waals surface area contributed by atoms with E-state index in [-0.39, 0.29) is 0 Å². The fourth-order valence-electron chi connectivity index (χ4n) is 1.43. The monoisotopic (exact) mass is 208 g/mol. The number of fused-ring (bicyclic) bond motifs is 1. The average Bonchev–Trinajstić information content (AvgIpc) is 2.48. The molecule has 0 atom stereocenters. The van der Waals surface area contributed by atoms with Crippen LogP contribution in [0.1, 0.15) is 31.2 Å². The van der Waals surface area contributed by atoms with Crippen LogP contribution in [0.5, 0.6) is 0 Å². The molecule has 0 aliphatic heterocycles. The molecule has 1 N–H and O–H groups in total. The summed E-state index contributed by atoms with van der Waals surface area (Å²) in [5.74, 6) is 1.43. The van der Waals surface area contributed by atoms with Gasteiger partial charge in [0.05, 0.1) is 11.0 Å². The summed E-state index contributed by atoms with van der Waals surface area (Å²) >= 11 is 6.02. The Kier molecular flexibility index (Phi) is 2.23. The minimum absolute atomic E-state index is 0.418. The van der Waals surface area contributed by atoms with Crippen LogP contribution < -0.4 is 0 Å². The first-order chi connectivity index (χ1) is 6.58. The van der Waals surface area contributed by atoms with Crippen LogP contribution in [0, 0.1) is 6.92 Å². The van der Waals surface area contributed by atoms with E-state index >= 15 is 0 Å². The van der Waals surface area contributed by atoms with Crippen molar-refractivity contribution >= 4 is 22.6 Å². The number of aryl methyl sites for hydroxylation is 1. The summed E-state index contributed by atoms with van der Waals surface area (Å²) in [6.07, 6.45) is 0. The van der Waals surface area contributed by atoms with Gasteiger partial charge in [-0.25, -0.2) is 4.98 Å². The SMILES string of the molecule is Cc1cc2[nH]c(C(C)C)nc2cc1Cl. The van der Waals surface area contributed by atoms with Crippen LogP contribution in [0.25, 0.3) is 11.0 Å². The van der Waals surface area contributed by atoms with E-state index in [0.29, 0.717) is 5.92 Å². The summed E-state index contributed by atoms with van der Waals surface area (Å²) in [6, 6.07) is 3.95. The second kappa shape index (κ2) is 3.28. The van der Waals surface area contributed by atoms with Crippen molar-refractivity contribution in [3.63, 3.8) is 0 Å². The standard InChI is InChI=1S/C11H13ClN2/c1-6(2)11-13-9-4-7(3)8(12)5-10(9)14-11/h4-6H,1-3H3,(H,13,14). The molecule has 1 heterocycles. The first kappa shape index (κ1) is 9.53. The number of hydrogen-bond acceptors (Lipinski definition) is 1. The number of aromatic amines is 1. The van der Waals surface area contributed by atoms with Crippen molar-refractivity contribution in [2.75, 3.05) is 0 Å². The molecular weight excluding hydrogens is 196 g/mol. The van der Waals surface area contributed by atoms with Gasteiger partial charge in [-0.1, -0.05) is 25.4 Å². The van der Waals surface area contributed by atoms with Gasteiger partial charge in [0, 0.05) is 10.9 Å². The van der Waals surface area contributed by atoms with Gasteiger partial charge < -0.3 is 4.98 Å². The van der Waals surface area contributed by atoms with Gasteiger partial charge in [0.2, 0.25) is 0 Å². The zero-order valence-electron chi connectivity index (χ0n) is 8.56. The molecule has 0 aliphatic carbocycles. The Bertz CT molecular complexity index is 432. The maximum Gasteiger partial charge on any atom is 0.109 e. The number of aromatic nitrogens is 2. The van der Waals surface area contributed by atoms with E-state index in [4.69, 9.17) is 11.6 Å². The van der Waals surface area contributed by atoms with Crippen LogP contribution in [0.15, 0.2) is 12.1 Å². The highest BCUT2D eigenvalue weighted by atomic mass is 35.5. The Labute approximate surface area is 88.3 Å². The largest absolute Gasteiger partial charge is 0.342 e. The Hall–Kier alpha value is -1.02. The second-order valence-corrected chi connectivity index (χ2v) is 4.30. The fraction of sp³-hybridized carbons (Fsp3) is 0.364. The summed E-state index contributed by atoms with van der Waals surface area (Å²) in [5, 5.41) is 0.777. The zero-order chi connectivity index (χ0) is 10.3. The highest BCUT2D eigenvalue weighted by Gasteiger charge is 2.07. The quantitative estimate of drug-likeness (QED) is 0.762. The van der Waals surface area contributed by atoms with Crippen molar-refractivity contribution in [3.8, 4) is 0 Å². The lowest BCUT2D eigenvalue weighted by Gasteiger charge is -1.96. The predicted octanol–water partition coefficient (Wildman–Crippen LogP) is 3.65. The summed E-state index contributed by atoms with van der Waals surface area (Å²) in [6.45, 7) is 6.23. The van der Waals surface area contributed by atoms with E-state index < -0.39 is 0 Å². The lowest BCUT2D eigenvalue weighted by Crippen LogP contribution is -1.88. The Balaban J connectivity index is 2.66. The summed E-state index contributed by atoms with van der Waals surface area (Å²) in [5.41, 5.74) is 3.10. The van der Waals surface area contributed by atoms with E-state index in [1.54, 1.807) is 0 Å². The van der Waals surface area contributed by atoms with Gasteiger partial charge in [-0.3, -0.25) is 0 Å². The molecule has 0 bridgehead atoms. The average molecular weight is 209 g/mol. The van der Waals surface area contributed by atoms with Gasteiger partial charge in [-0.05, 0) is 24.6 Å². The molecular formula is C11H13ClN2. The van der Waals surface area contributed by atoms with Crippen LogP contribution in [0.4, 0.5) is 0 Å². The predicted molar refractivity (Wildman–Crippen MR) is 59.9 cm³/mol. The molecule has 2 aromatic rings. The Morgan fingerprint density at radius 2 is 2.07 bits per heavy atom. The van der Waals surface area contributed by atoms with Crippen molar-refractivity contribution in [2.24, 2.45) is 0 Å². The number of H-pyrrole nitrogens is 1. The van der Waals surface area contributed by atoms with Crippen molar-refractivity contribution in [1.29, 1.82) is 0 Å². The minimum atomic E-state index is 0.418. The zero-order valence-corrected chi connectivity index (χ0v) is 9.31. The molecule has 2 nitrogen and oxygen atoms in total. The maximum absolute atomic E-state index is 6.02. The van der Waals surface area contributed by atoms with Gasteiger partial charge in [-0.15, -0.1) is 0 Å². The van der Waals surface area contributed by atoms with Gasteiger partial charge in [0.25, 0.3) is 0 Å². The van der Waals surface area contributed by atoms with Crippen LogP contribution >= 0.6 is 11.6 Å². The van der Waals surface area contributed by atoms with Crippen LogP contribution in [0.2, 0.25) is 5.02 Å². The molecule has 2 rings (SSSR count). The van der Waals surface area contributed by atoms with E-state index in [9.17, 15) is 0 Å². The van der Waals surface area contributed by atoms with Gasteiger partial charge in [0.1, 0.15) is 5.82 Å². The molecule has 1 aromatic carbocycles. The summed E-state index contributed by atoms with van der Waals surface area (Å²) in [7, 11) is 0. The van der Waals surface area contributed by atoms with Crippen LogP contribution in [-0.2, 0) is 0 Å². The Morgan fingerprint density at radius 1 is 1.36 bits per heavy atom. The Morgan fingerprint density at radius 3 is 2.71 bits per heavy atom. The molecule has 0 saturated heterocycles. The van der Waals surface area contributed by atoms with Crippen molar-refractivity contribution in [2.45, 2.75) is 26.7 Å². The number of rotatable bonds is 1. The third kappa shape index (κ3) is 1.50. The van der Waals surface area contributed by atoms with E-state index in [1.807, 2.05) is 19.1 Å². The molecule has 14 heavy (non-hydrogen) atoms. The van der Waals surface area contributed by atoms with Crippen LogP contribution in [0.3, 0.4) is 0 Å². The van der Waals surface area contributed by atoms with Crippen molar-refractivity contribution in [1.82, 2.24) is 9.97 Å². The maximum atomic E-state index is 6.02. The molecule has 0 unspecified atom stereocenters. The normalized spacial score (nSPS) is 11.5. The molecule has 0 amide bonds. The molecule has 0 spiro atoms. The van der Waals surface area contributed by atoms with Crippen molar-refractivity contribution < 1.29 is 0 Å². The number of nitrogens with one attached hydrogen (secondary N) is 1. The molecule has 0 saturated carbocycles. The number of imidazole rings is 1. The number of hydrogen-bond donors (Lipinski definition) is 1. The number of nitrogens with zero attached hydrogens (tertiary/aromatic N) is 1. The molecule has 74 valence electrons. The highest BCUT2D eigenvalue weighted by Crippen LogP contribution is 2.23. The summed E-state index contributed by atoms with van der Waals surface area (Å²) in [4.78, 5) is 7.77. The van der Waals surface area contributed by atoms with Gasteiger partial charge >= 0.3 is 0 Å². The third-order valence-corrected chi connectivity index (χ3v) is 2.73. The fourth-order valence-corrected chi connectivity index (χ4v) is 1.59. The van der Waals surface area contributed by atoms with E-state index in [0.717, 1.165) is 27.4 Å². The lowest BCUT2D eigenvalue weighted by atomic mass is 10.2. The van der Waals surface area contributed by atoms with E-state index in [2.05, 4.69) is 23.8 Å². The second-order valence-electron chi connectivity index (χ2n) is 3.90. The lowest BCUT2D eigenvalue weighted by molar-refractivity contribution is 0.799. The van der Waals surface area contributed by atoms with E-state index in [1.165, 1.54) is 0 Å². The molecule has 3 heteroatoms. The minimum Gasteiger partial charge on any atom is -0.342 e. The number of halogens is 1. The van der Waals surface area contributed by atoms with Gasteiger partial charge in [0.15, 0.2) is 0 Å². The first-order valence-corrected chi connectivity index (χ1v) is 5.11. The molecule has 0 fully saturated rings. The molecule has 0 aliphatic rings. The third-order valence-electron chi connectivity index (χ3n) is 2.33. The molecule has 0 radical (unpaired) electrons. The first-order valence-electron chi connectivity index (χ1n) is 4.73.